The predicted octanol–water partition coefficient (Wildman–Crippen LogP) is 1.49. The average Bonchev–Trinajstić information content (AvgIpc) is 2.65. The van der Waals surface area contributed by atoms with Gasteiger partial charge in [-0.25, -0.2) is 9.37 Å². The number of piperazine rings is 1. The van der Waals surface area contributed by atoms with E-state index in [4.69, 9.17) is 4.74 Å². The summed E-state index contributed by atoms with van der Waals surface area (Å²) in [5, 5.41) is 0. The number of aryl methyl sites for hydroxylation is 2. The van der Waals surface area contributed by atoms with Crippen LogP contribution in [0.4, 0.5) is 4.39 Å². The number of amides is 1. The van der Waals surface area contributed by atoms with Crippen LogP contribution in [0.1, 0.15) is 27.4 Å². The van der Waals surface area contributed by atoms with Gasteiger partial charge in [-0.05, 0) is 31.5 Å². The SMILES string of the molecule is COc1ccc(CN2CCN(C(=O)c3nc(C)c(C)[nH]c3=O)CC2)cc1F. The summed E-state index contributed by atoms with van der Waals surface area (Å²) in [6, 6.07) is 4.91. The molecule has 2 heterocycles. The van der Waals surface area contributed by atoms with Gasteiger partial charge in [-0.3, -0.25) is 14.5 Å². The molecule has 1 aliphatic heterocycles. The number of aromatic nitrogens is 2. The number of rotatable bonds is 4. The molecule has 0 unspecified atom stereocenters. The second-order valence-electron chi connectivity index (χ2n) is 6.66. The summed E-state index contributed by atoms with van der Waals surface area (Å²) in [4.78, 5) is 35.3. The van der Waals surface area contributed by atoms with E-state index in [-0.39, 0.29) is 23.2 Å². The Kier molecular flexibility index (Phi) is 5.55. The minimum atomic E-state index is -0.459. The van der Waals surface area contributed by atoms with E-state index < -0.39 is 5.56 Å². The highest BCUT2D eigenvalue weighted by Gasteiger charge is 2.25. The van der Waals surface area contributed by atoms with E-state index in [1.807, 2.05) is 6.07 Å². The Labute approximate surface area is 156 Å². The first-order valence-corrected chi connectivity index (χ1v) is 8.80. The number of benzene rings is 1. The Balaban J connectivity index is 1.62. The van der Waals surface area contributed by atoms with E-state index in [9.17, 15) is 14.0 Å². The van der Waals surface area contributed by atoms with E-state index in [1.165, 1.54) is 13.2 Å². The minimum Gasteiger partial charge on any atom is -0.494 e. The van der Waals surface area contributed by atoms with Gasteiger partial charge in [0.1, 0.15) is 0 Å². The number of halogens is 1. The molecular formula is C19H23FN4O3. The zero-order valence-electron chi connectivity index (χ0n) is 15.7. The monoisotopic (exact) mass is 374 g/mol. The number of nitrogens with zero attached hydrogens (tertiary/aromatic N) is 3. The molecule has 0 radical (unpaired) electrons. The molecule has 27 heavy (non-hydrogen) atoms. The van der Waals surface area contributed by atoms with Crippen LogP contribution in [-0.2, 0) is 6.54 Å². The lowest BCUT2D eigenvalue weighted by Crippen LogP contribution is -2.49. The van der Waals surface area contributed by atoms with Crippen LogP contribution >= 0.6 is 0 Å². The molecule has 0 aliphatic carbocycles. The fourth-order valence-electron chi connectivity index (χ4n) is 3.09. The number of carbonyl (C=O) groups is 1. The largest absolute Gasteiger partial charge is 0.494 e. The molecule has 1 amide bonds. The highest BCUT2D eigenvalue weighted by molar-refractivity contribution is 5.92. The fourth-order valence-corrected chi connectivity index (χ4v) is 3.09. The van der Waals surface area contributed by atoms with Crippen LogP contribution in [0, 0.1) is 19.7 Å². The van der Waals surface area contributed by atoms with Crippen molar-refractivity contribution in [2.75, 3.05) is 33.3 Å². The van der Waals surface area contributed by atoms with Crippen molar-refractivity contribution in [1.82, 2.24) is 19.8 Å². The van der Waals surface area contributed by atoms with Gasteiger partial charge in [0.25, 0.3) is 11.5 Å². The third kappa shape index (κ3) is 4.16. The van der Waals surface area contributed by atoms with Crippen molar-refractivity contribution in [3.63, 3.8) is 0 Å². The highest BCUT2D eigenvalue weighted by Crippen LogP contribution is 2.19. The van der Waals surface area contributed by atoms with Gasteiger partial charge in [0.05, 0.1) is 12.8 Å². The lowest BCUT2D eigenvalue weighted by atomic mass is 10.1. The summed E-state index contributed by atoms with van der Waals surface area (Å²) >= 11 is 0. The van der Waals surface area contributed by atoms with Gasteiger partial charge in [0, 0.05) is 38.4 Å². The number of nitrogens with one attached hydrogen (secondary N) is 1. The molecule has 1 saturated heterocycles. The maximum atomic E-state index is 13.8. The molecule has 7 nitrogen and oxygen atoms in total. The zero-order valence-corrected chi connectivity index (χ0v) is 15.7. The van der Waals surface area contributed by atoms with Crippen molar-refractivity contribution < 1.29 is 13.9 Å². The van der Waals surface area contributed by atoms with Crippen LogP contribution in [0.25, 0.3) is 0 Å². The summed E-state index contributed by atoms with van der Waals surface area (Å²) in [6.45, 7) is 6.36. The molecule has 0 saturated carbocycles. The molecule has 0 atom stereocenters. The van der Waals surface area contributed by atoms with Crippen molar-refractivity contribution in [2.24, 2.45) is 0 Å². The molecule has 144 valence electrons. The fraction of sp³-hybridized carbons (Fsp3) is 0.421. The summed E-state index contributed by atoms with van der Waals surface area (Å²) < 4.78 is 18.8. The predicted molar refractivity (Wildman–Crippen MR) is 98.5 cm³/mol. The van der Waals surface area contributed by atoms with Gasteiger partial charge in [-0.15, -0.1) is 0 Å². The van der Waals surface area contributed by atoms with E-state index in [0.717, 1.165) is 5.56 Å². The zero-order chi connectivity index (χ0) is 19.6. The molecule has 0 spiro atoms. The van der Waals surface area contributed by atoms with Gasteiger partial charge < -0.3 is 14.6 Å². The number of H-pyrrole nitrogens is 1. The summed E-state index contributed by atoms with van der Waals surface area (Å²) in [5.74, 6) is -0.515. The van der Waals surface area contributed by atoms with Crippen molar-refractivity contribution in [3.8, 4) is 5.75 Å². The van der Waals surface area contributed by atoms with Gasteiger partial charge in [0.2, 0.25) is 0 Å². The molecular weight excluding hydrogens is 351 g/mol. The maximum absolute atomic E-state index is 13.8. The van der Waals surface area contributed by atoms with Crippen molar-refractivity contribution in [1.29, 1.82) is 0 Å². The number of methoxy groups -OCH3 is 1. The molecule has 0 bridgehead atoms. The molecule has 8 heteroatoms. The maximum Gasteiger partial charge on any atom is 0.279 e. The first kappa shape index (κ1) is 19.0. The Morgan fingerprint density at radius 1 is 1.26 bits per heavy atom. The van der Waals surface area contributed by atoms with E-state index in [2.05, 4.69) is 14.9 Å². The Hall–Kier alpha value is -2.74. The lowest BCUT2D eigenvalue weighted by Gasteiger charge is -2.34. The standard InChI is InChI=1S/C19H23FN4O3/c1-12-13(2)22-18(25)17(21-12)19(26)24-8-6-23(7-9-24)11-14-4-5-16(27-3)15(20)10-14/h4-5,10H,6-9,11H2,1-3H3,(H,22,25). The molecule has 1 fully saturated rings. The molecule has 3 rings (SSSR count). The second kappa shape index (κ2) is 7.87. The van der Waals surface area contributed by atoms with Gasteiger partial charge >= 0.3 is 0 Å². The van der Waals surface area contributed by atoms with Crippen LogP contribution in [-0.4, -0.2) is 59.0 Å². The van der Waals surface area contributed by atoms with Crippen LogP contribution < -0.4 is 10.3 Å². The summed E-state index contributed by atoms with van der Waals surface area (Å²) in [6.07, 6.45) is 0. The number of carbonyl (C=O) groups excluding carboxylic acids is 1. The van der Waals surface area contributed by atoms with Gasteiger partial charge in [0.15, 0.2) is 17.3 Å². The Morgan fingerprint density at radius 3 is 2.59 bits per heavy atom. The van der Waals surface area contributed by atoms with Gasteiger partial charge in [-0.1, -0.05) is 6.07 Å². The van der Waals surface area contributed by atoms with Crippen molar-refractivity contribution >= 4 is 5.91 Å². The van der Waals surface area contributed by atoms with Crippen LogP contribution in [0.3, 0.4) is 0 Å². The third-order valence-electron chi connectivity index (χ3n) is 4.82. The van der Waals surface area contributed by atoms with E-state index in [1.54, 1.807) is 24.8 Å². The second-order valence-corrected chi connectivity index (χ2v) is 6.66. The smallest absolute Gasteiger partial charge is 0.279 e. The van der Waals surface area contributed by atoms with Crippen molar-refractivity contribution in [2.45, 2.75) is 20.4 Å². The topological polar surface area (TPSA) is 78.5 Å². The van der Waals surface area contributed by atoms with Crippen LogP contribution in [0.15, 0.2) is 23.0 Å². The third-order valence-corrected chi connectivity index (χ3v) is 4.82. The molecule has 1 aromatic carbocycles. The van der Waals surface area contributed by atoms with E-state index in [0.29, 0.717) is 44.1 Å². The van der Waals surface area contributed by atoms with Crippen LogP contribution in [0.5, 0.6) is 5.75 Å². The molecule has 1 aromatic heterocycles. The number of hydrogen-bond donors (Lipinski definition) is 1. The lowest BCUT2D eigenvalue weighted by molar-refractivity contribution is 0.0620. The van der Waals surface area contributed by atoms with Crippen molar-refractivity contribution in [3.05, 3.63) is 57.0 Å². The van der Waals surface area contributed by atoms with E-state index >= 15 is 0 Å². The normalized spacial score (nSPS) is 15.0. The first-order chi connectivity index (χ1) is 12.9. The molecule has 1 N–H and O–H groups in total. The summed E-state index contributed by atoms with van der Waals surface area (Å²) in [5.41, 5.74) is 1.62. The molecule has 2 aromatic rings. The van der Waals surface area contributed by atoms with Gasteiger partial charge in [-0.2, -0.15) is 0 Å². The quantitative estimate of drug-likeness (QED) is 0.877. The number of aromatic amines is 1. The minimum absolute atomic E-state index is 0.0659. The number of ether oxygens (including phenoxy) is 1. The molecule has 1 aliphatic rings. The average molecular weight is 374 g/mol. The van der Waals surface area contributed by atoms with Crippen LogP contribution in [0.2, 0.25) is 0 Å². The Morgan fingerprint density at radius 2 is 1.96 bits per heavy atom. The Bertz CT molecular complexity index is 904. The number of hydrogen-bond acceptors (Lipinski definition) is 5. The summed E-state index contributed by atoms with van der Waals surface area (Å²) in [7, 11) is 1.43. The highest BCUT2D eigenvalue weighted by atomic mass is 19.1. The first-order valence-electron chi connectivity index (χ1n) is 8.80.